The van der Waals surface area contributed by atoms with Crippen LogP contribution in [0.15, 0.2) is 0 Å². The van der Waals surface area contributed by atoms with Crippen molar-refractivity contribution in [1.29, 1.82) is 0 Å². The van der Waals surface area contributed by atoms with Crippen LogP contribution in [0.3, 0.4) is 0 Å². The minimum atomic E-state index is -0.334. The van der Waals surface area contributed by atoms with Crippen LogP contribution in [0.25, 0.3) is 0 Å². The maximum atomic E-state index is 5.30. The summed E-state index contributed by atoms with van der Waals surface area (Å²) in [4.78, 5) is 1.42. The van der Waals surface area contributed by atoms with E-state index in [0.717, 1.165) is 0 Å². The van der Waals surface area contributed by atoms with Crippen LogP contribution in [0.4, 0.5) is 0 Å². The Morgan fingerprint density at radius 2 is 2.31 bits per heavy atom. The van der Waals surface area contributed by atoms with E-state index < -0.39 is 0 Å². The Morgan fingerprint density at radius 1 is 1.62 bits per heavy atom. The van der Waals surface area contributed by atoms with Crippen LogP contribution < -0.4 is 5.32 Å². The zero-order valence-electron chi connectivity index (χ0n) is 8.07. The van der Waals surface area contributed by atoms with Crippen molar-refractivity contribution >= 4 is 0 Å². The molecule has 0 aromatic carbocycles. The van der Waals surface area contributed by atoms with Crippen molar-refractivity contribution in [3.05, 3.63) is 5.82 Å². The van der Waals surface area contributed by atoms with Gasteiger partial charge in [0.2, 0.25) is 0 Å². The van der Waals surface area contributed by atoms with Gasteiger partial charge in [0.1, 0.15) is 0 Å². The number of terminal acetylenes is 1. The predicted molar refractivity (Wildman–Crippen MR) is 48.5 cm³/mol. The van der Waals surface area contributed by atoms with Gasteiger partial charge in [-0.15, -0.1) is 16.6 Å². The van der Waals surface area contributed by atoms with Gasteiger partial charge in [-0.2, -0.15) is 4.80 Å². The third-order valence-corrected chi connectivity index (χ3v) is 1.60. The first-order valence-electron chi connectivity index (χ1n) is 3.99. The first kappa shape index (κ1) is 9.68. The van der Waals surface area contributed by atoms with Gasteiger partial charge in [0, 0.05) is 0 Å². The third kappa shape index (κ3) is 2.84. The zero-order chi connectivity index (χ0) is 9.90. The lowest BCUT2D eigenvalue weighted by atomic mass is 10.1. The van der Waals surface area contributed by atoms with Crippen LogP contribution in [0.5, 0.6) is 0 Å². The van der Waals surface area contributed by atoms with Gasteiger partial charge in [0.15, 0.2) is 5.82 Å². The molecule has 0 atom stereocenters. The smallest absolute Gasteiger partial charge is 0.188 e. The minimum absolute atomic E-state index is 0.334. The van der Waals surface area contributed by atoms with Gasteiger partial charge in [0.05, 0.1) is 19.1 Å². The molecule has 13 heavy (non-hydrogen) atoms. The van der Waals surface area contributed by atoms with Gasteiger partial charge in [-0.25, -0.2) is 0 Å². The summed E-state index contributed by atoms with van der Waals surface area (Å²) in [6.45, 7) is 4.37. The maximum Gasteiger partial charge on any atom is 0.188 e. The second kappa shape index (κ2) is 3.54. The molecule has 0 aliphatic heterocycles. The van der Waals surface area contributed by atoms with Crippen molar-refractivity contribution in [2.45, 2.75) is 25.9 Å². The lowest BCUT2D eigenvalue weighted by Crippen LogP contribution is -2.37. The maximum absolute atomic E-state index is 5.30. The lowest BCUT2D eigenvalue weighted by molar-refractivity contribution is 0.480. The van der Waals surface area contributed by atoms with Crippen LogP contribution in [-0.2, 0) is 13.6 Å². The lowest BCUT2D eigenvalue weighted by Gasteiger charge is -2.17. The molecule has 0 aliphatic carbocycles. The van der Waals surface area contributed by atoms with E-state index in [9.17, 15) is 0 Å². The fraction of sp³-hybridized carbons (Fsp3) is 0.625. The van der Waals surface area contributed by atoms with Gasteiger partial charge < -0.3 is 0 Å². The number of aromatic nitrogens is 4. The Kier molecular flexibility index (Phi) is 2.63. The van der Waals surface area contributed by atoms with Crippen molar-refractivity contribution < 1.29 is 0 Å². The van der Waals surface area contributed by atoms with Crippen molar-refractivity contribution in [3.8, 4) is 12.3 Å². The average molecular weight is 179 g/mol. The molecule has 5 nitrogen and oxygen atoms in total. The molecule has 0 fully saturated rings. The Morgan fingerprint density at radius 3 is 2.77 bits per heavy atom. The molecule has 0 radical (unpaired) electrons. The summed E-state index contributed by atoms with van der Waals surface area (Å²) in [6.07, 6.45) is 5.30. The highest BCUT2D eigenvalue weighted by Crippen LogP contribution is 1.99. The average Bonchev–Trinajstić information content (AvgIpc) is 2.48. The zero-order valence-corrected chi connectivity index (χ0v) is 8.07. The van der Waals surface area contributed by atoms with E-state index in [1.54, 1.807) is 7.05 Å². The molecule has 5 heteroatoms. The molecule has 0 bridgehead atoms. The van der Waals surface area contributed by atoms with E-state index in [0.29, 0.717) is 12.4 Å². The number of nitrogens with one attached hydrogen (secondary N) is 1. The van der Waals surface area contributed by atoms with E-state index in [1.165, 1.54) is 4.80 Å². The highest BCUT2D eigenvalue weighted by Gasteiger charge is 2.13. The summed E-state index contributed by atoms with van der Waals surface area (Å²) in [5, 5.41) is 14.7. The topological polar surface area (TPSA) is 55.6 Å². The summed E-state index contributed by atoms with van der Waals surface area (Å²) in [5.74, 6) is 3.27. The molecule has 1 rings (SSSR count). The number of tetrazole rings is 1. The van der Waals surface area contributed by atoms with E-state index in [-0.39, 0.29) is 5.54 Å². The molecule has 0 aliphatic rings. The molecule has 1 aromatic rings. The first-order chi connectivity index (χ1) is 6.03. The second-order valence-corrected chi connectivity index (χ2v) is 3.32. The Hall–Kier alpha value is -1.41. The van der Waals surface area contributed by atoms with Crippen molar-refractivity contribution in [3.63, 3.8) is 0 Å². The van der Waals surface area contributed by atoms with Crippen molar-refractivity contribution in [1.82, 2.24) is 25.5 Å². The molecular weight excluding hydrogens is 166 g/mol. The Labute approximate surface area is 77.5 Å². The quantitative estimate of drug-likeness (QED) is 0.648. The normalized spacial score (nSPS) is 11.2. The van der Waals surface area contributed by atoms with Gasteiger partial charge in [-0.3, -0.25) is 5.32 Å². The molecule has 1 N–H and O–H groups in total. The third-order valence-electron chi connectivity index (χ3n) is 1.60. The summed E-state index contributed by atoms with van der Waals surface area (Å²) < 4.78 is 0. The Bertz CT molecular complexity index is 320. The van der Waals surface area contributed by atoms with E-state index in [1.807, 2.05) is 13.8 Å². The molecule has 0 amide bonds. The van der Waals surface area contributed by atoms with Crippen LogP contribution >= 0.6 is 0 Å². The predicted octanol–water partition coefficient (Wildman–Crippen LogP) is -0.289. The minimum Gasteiger partial charge on any atom is -0.294 e. The van der Waals surface area contributed by atoms with E-state index >= 15 is 0 Å². The molecular formula is C8H13N5. The SMILES string of the molecule is C#CC(C)(C)NCc1nnn(C)n1. The second-order valence-electron chi connectivity index (χ2n) is 3.32. The van der Waals surface area contributed by atoms with Gasteiger partial charge in [0.25, 0.3) is 0 Å². The van der Waals surface area contributed by atoms with Gasteiger partial charge >= 0.3 is 0 Å². The van der Waals surface area contributed by atoms with Crippen LogP contribution in [-0.4, -0.2) is 25.7 Å². The number of hydrogen-bond acceptors (Lipinski definition) is 4. The molecule has 1 aromatic heterocycles. The van der Waals surface area contributed by atoms with Crippen LogP contribution in [0.1, 0.15) is 19.7 Å². The molecule has 0 unspecified atom stereocenters. The van der Waals surface area contributed by atoms with Crippen molar-refractivity contribution in [2.75, 3.05) is 0 Å². The molecule has 70 valence electrons. The summed E-state index contributed by atoms with van der Waals surface area (Å²) in [6, 6.07) is 0. The Balaban J connectivity index is 2.49. The number of nitrogens with zero attached hydrogens (tertiary/aromatic N) is 4. The highest BCUT2D eigenvalue weighted by molar-refractivity contribution is 5.07. The summed E-state index contributed by atoms with van der Waals surface area (Å²) >= 11 is 0. The summed E-state index contributed by atoms with van der Waals surface area (Å²) in [7, 11) is 1.73. The molecule has 1 heterocycles. The first-order valence-corrected chi connectivity index (χ1v) is 3.99. The van der Waals surface area contributed by atoms with Crippen LogP contribution in [0, 0.1) is 12.3 Å². The van der Waals surface area contributed by atoms with E-state index in [2.05, 4.69) is 26.6 Å². The van der Waals surface area contributed by atoms with Crippen molar-refractivity contribution in [2.24, 2.45) is 7.05 Å². The number of rotatable bonds is 3. The standard InChI is InChI=1S/C8H13N5/c1-5-8(2,3)9-6-7-10-12-13(4)11-7/h1,9H,6H2,2-4H3. The van der Waals surface area contributed by atoms with Crippen LogP contribution in [0.2, 0.25) is 0 Å². The molecule has 0 saturated carbocycles. The van der Waals surface area contributed by atoms with Gasteiger partial charge in [-0.05, 0) is 19.1 Å². The molecule has 0 spiro atoms. The monoisotopic (exact) mass is 179 g/mol. The fourth-order valence-electron chi connectivity index (χ4n) is 0.745. The summed E-state index contributed by atoms with van der Waals surface area (Å²) in [5.41, 5.74) is -0.334. The highest BCUT2D eigenvalue weighted by atomic mass is 15.6. The largest absolute Gasteiger partial charge is 0.294 e. The number of hydrogen-bond donors (Lipinski definition) is 1. The number of aryl methyl sites for hydroxylation is 1. The van der Waals surface area contributed by atoms with E-state index in [4.69, 9.17) is 6.42 Å². The fourth-order valence-corrected chi connectivity index (χ4v) is 0.745. The van der Waals surface area contributed by atoms with Gasteiger partial charge in [-0.1, -0.05) is 5.92 Å². The molecule has 0 saturated heterocycles.